The standard InChI is InChI=1S/C15H20N2O3/c1-9(2)14-15(19)17(8-7-10(3)18)13-11(16)5-4-6-12(13)20-14/h4-6,9,14H,7-8,16H2,1-3H3. The summed E-state index contributed by atoms with van der Waals surface area (Å²) in [5, 5.41) is 0. The Morgan fingerprint density at radius 2 is 2.15 bits per heavy atom. The van der Waals surface area contributed by atoms with E-state index in [9.17, 15) is 9.59 Å². The predicted octanol–water partition coefficient (Wildman–Crippen LogP) is 2.00. The summed E-state index contributed by atoms with van der Waals surface area (Å²) in [6, 6.07) is 5.32. The maximum atomic E-state index is 12.5. The summed E-state index contributed by atoms with van der Waals surface area (Å²) in [6.45, 7) is 5.72. The van der Waals surface area contributed by atoms with E-state index in [4.69, 9.17) is 10.5 Å². The SMILES string of the molecule is CC(=O)CCN1C(=O)C(C(C)C)Oc2cccc(N)c21. The number of hydrogen-bond acceptors (Lipinski definition) is 4. The zero-order valence-corrected chi connectivity index (χ0v) is 12.1. The van der Waals surface area contributed by atoms with Gasteiger partial charge >= 0.3 is 0 Å². The molecule has 0 radical (unpaired) electrons. The van der Waals surface area contributed by atoms with Crippen LogP contribution in [0, 0.1) is 5.92 Å². The lowest BCUT2D eigenvalue weighted by atomic mass is 10.0. The number of fused-ring (bicyclic) bond motifs is 1. The fraction of sp³-hybridized carbons (Fsp3) is 0.467. The molecule has 20 heavy (non-hydrogen) atoms. The van der Waals surface area contributed by atoms with E-state index < -0.39 is 6.10 Å². The topological polar surface area (TPSA) is 72.6 Å². The summed E-state index contributed by atoms with van der Waals surface area (Å²) >= 11 is 0. The molecular weight excluding hydrogens is 256 g/mol. The van der Waals surface area contributed by atoms with Gasteiger partial charge < -0.3 is 15.4 Å². The highest BCUT2D eigenvalue weighted by Gasteiger charge is 2.37. The van der Waals surface area contributed by atoms with Gasteiger partial charge in [0.1, 0.15) is 17.2 Å². The van der Waals surface area contributed by atoms with E-state index >= 15 is 0 Å². The van der Waals surface area contributed by atoms with Crippen LogP contribution in [0.2, 0.25) is 0 Å². The lowest BCUT2D eigenvalue weighted by molar-refractivity contribution is -0.128. The molecule has 0 saturated heterocycles. The molecule has 108 valence electrons. The first-order valence-electron chi connectivity index (χ1n) is 6.77. The van der Waals surface area contributed by atoms with E-state index in [1.165, 1.54) is 6.92 Å². The Kier molecular flexibility index (Phi) is 3.97. The Hall–Kier alpha value is -2.04. The molecule has 1 aromatic rings. The summed E-state index contributed by atoms with van der Waals surface area (Å²) in [7, 11) is 0. The molecule has 1 atom stereocenters. The van der Waals surface area contributed by atoms with Crippen molar-refractivity contribution in [3.63, 3.8) is 0 Å². The average molecular weight is 276 g/mol. The highest BCUT2D eigenvalue weighted by atomic mass is 16.5. The van der Waals surface area contributed by atoms with Gasteiger partial charge in [0, 0.05) is 13.0 Å². The van der Waals surface area contributed by atoms with Crippen molar-refractivity contribution in [2.24, 2.45) is 5.92 Å². The molecule has 0 saturated carbocycles. The monoisotopic (exact) mass is 276 g/mol. The Balaban J connectivity index is 2.41. The second-order valence-electron chi connectivity index (χ2n) is 5.42. The Morgan fingerprint density at radius 1 is 1.45 bits per heavy atom. The summed E-state index contributed by atoms with van der Waals surface area (Å²) in [5.74, 6) is 0.567. The number of Topliss-reactive ketones (excluding diaryl/α,β-unsaturated/α-hetero) is 1. The molecule has 0 spiro atoms. The van der Waals surface area contributed by atoms with Gasteiger partial charge in [-0.15, -0.1) is 0 Å². The van der Waals surface area contributed by atoms with E-state index in [0.29, 0.717) is 30.1 Å². The molecule has 0 bridgehead atoms. The molecule has 1 amide bonds. The predicted molar refractivity (Wildman–Crippen MR) is 77.8 cm³/mol. The zero-order valence-electron chi connectivity index (χ0n) is 12.1. The second-order valence-corrected chi connectivity index (χ2v) is 5.42. The first kappa shape index (κ1) is 14.4. The van der Waals surface area contributed by atoms with Crippen LogP contribution >= 0.6 is 0 Å². The lowest BCUT2D eigenvalue weighted by Crippen LogP contribution is -2.49. The number of nitrogens with zero attached hydrogens (tertiary/aromatic N) is 1. The van der Waals surface area contributed by atoms with Gasteiger partial charge in [0.2, 0.25) is 0 Å². The van der Waals surface area contributed by atoms with Gasteiger partial charge in [0.05, 0.1) is 5.69 Å². The van der Waals surface area contributed by atoms with Gasteiger partial charge in [-0.1, -0.05) is 19.9 Å². The Bertz CT molecular complexity index is 540. The van der Waals surface area contributed by atoms with Gasteiger partial charge in [-0.3, -0.25) is 9.59 Å². The van der Waals surface area contributed by atoms with Crippen LogP contribution in [-0.2, 0) is 9.59 Å². The maximum absolute atomic E-state index is 12.5. The number of para-hydroxylation sites is 1. The van der Waals surface area contributed by atoms with Crippen LogP contribution in [0.5, 0.6) is 5.75 Å². The third-order valence-electron chi connectivity index (χ3n) is 3.36. The van der Waals surface area contributed by atoms with Crippen LogP contribution in [0.25, 0.3) is 0 Å². The molecule has 5 nitrogen and oxygen atoms in total. The van der Waals surface area contributed by atoms with Crippen molar-refractivity contribution in [2.45, 2.75) is 33.3 Å². The number of ether oxygens (including phenoxy) is 1. The molecular formula is C15H20N2O3. The summed E-state index contributed by atoms with van der Waals surface area (Å²) in [4.78, 5) is 25.3. The number of hydrogen-bond donors (Lipinski definition) is 1. The highest BCUT2D eigenvalue weighted by Crippen LogP contribution is 2.39. The van der Waals surface area contributed by atoms with Crippen LogP contribution < -0.4 is 15.4 Å². The number of carbonyl (C=O) groups is 2. The number of benzene rings is 1. The number of anilines is 2. The fourth-order valence-electron chi connectivity index (χ4n) is 2.29. The molecule has 0 aliphatic carbocycles. The van der Waals surface area contributed by atoms with E-state index in [1.54, 1.807) is 23.1 Å². The number of amides is 1. The highest BCUT2D eigenvalue weighted by molar-refractivity contribution is 6.03. The van der Waals surface area contributed by atoms with Crippen molar-refractivity contribution in [3.8, 4) is 5.75 Å². The zero-order chi connectivity index (χ0) is 14.9. The molecule has 1 aliphatic rings. The minimum absolute atomic E-state index is 0.0430. The van der Waals surface area contributed by atoms with Gasteiger partial charge in [-0.2, -0.15) is 0 Å². The molecule has 0 aromatic heterocycles. The van der Waals surface area contributed by atoms with Gasteiger partial charge in [-0.25, -0.2) is 0 Å². The van der Waals surface area contributed by atoms with Crippen molar-refractivity contribution in [3.05, 3.63) is 18.2 Å². The second kappa shape index (κ2) is 5.53. The molecule has 1 heterocycles. The number of ketones is 1. The molecule has 0 fully saturated rings. The molecule has 1 aromatic carbocycles. The van der Waals surface area contributed by atoms with Crippen LogP contribution in [0.15, 0.2) is 18.2 Å². The Morgan fingerprint density at radius 3 is 2.75 bits per heavy atom. The van der Waals surface area contributed by atoms with Crippen molar-refractivity contribution >= 4 is 23.1 Å². The number of nitrogen functional groups attached to an aromatic ring is 1. The van der Waals surface area contributed by atoms with Crippen molar-refractivity contribution in [2.75, 3.05) is 17.2 Å². The molecule has 5 heteroatoms. The minimum atomic E-state index is -0.531. The van der Waals surface area contributed by atoms with Crippen LogP contribution in [0.1, 0.15) is 27.2 Å². The largest absolute Gasteiger partial charge is 0.478 e. The summed E-state index contributed by atoms with van der Waals surface area (Å²) in [6.07, 6.45) is -0.221. The lowest BCUT2D eigenvalue weighted by Gasteiger charge is -2.36. The minimum Gasteiger partial charge on any atom is -0.478 e. The van der Waals surface area contributed by atoms with Crippen LogP contribution in [-0.4, -0.2) is 24.3 Å². The number of rotatable bonds is 4. The quantitative estimate of drug-likeness (QED) is 0.854. The normalized spacial score (nSPS) is 17.9. The number of nitrogens with two attached hydrogens (primary N) is 1. The van der Waals surface area contributed by atoms with Gasteiger partial charge in [0.25, 0.3) is 5.91 Å². The smallest absolute Gasteiger partial charge is 0.268 e. The van der Waals surface area contributed by atoms with Gasteiger partial charge in [-0.05, 0) is 25.0 Å². The van der Waals surface area contributed by atoms with Crippen LogP contribution in [0.4, 0.5) is 11.4 Å². The van der Waals surface area contributed by atoms with Crippen LogP contribution in [0.3, 0.4) is 0 Å². The fourth-order valence-corrected chi connectivity index (χ4v) is 2.29. The average Bonchev–Trinajstić information content (AvgIpc) is 2.37. The first-order chi connectivity index (χ1) is 9.41. The van der Waals surface area contributed by atoms with E-state index in [2.05, 4.69) is 0 Å². The summed E-state index contributed by atoms with van der Waals surface area (Å²) < 4.78 is 5.77. The van der Waals surface area contributed by atoms with E-state index in [0.717, 1.165) is 0 Å². The van der Waals surface area contributed by atoms with E-state index in [-0.39, 0.29) is 17.6 Å². The maximum Gasteiger partial charge on any atom is 0.268 e. The van der Waals surface area contributed by atoms with Crippen molar-refractivity contribution < 1.29 is 14.3 Å². The third-order valence-corrected chi connectivity index (χ3v) is 3.36. The third kappa shape index (κ3) is 2.61. The summed E-state index contributed by atoms with van der Waals surface area (Å²) in [5.41, 5.74) is 7.03. The number of carbonyl (C=O) groups excluding carboxylic acids is 2. The van der Waals surface area contributed by atoms with Crippen molar-refractivity contribution in [1.29, 1.82) is 0 Å². The van der Waals surface area contributed by atoms with Crippen molar-refractivity contribution in [1.82, 2.24) is 0 Å². The molecule has 2 N–H and O–H groups in total. The first-order valence-corrected chi connectivity index (χ1v) is 6.77. The van der Waals surface area contributed by atoms with Gasteiger partial charge in [0.15, 0.2) is 6.10 Å². The molecule has 1 unspecified atom stereocenters. The molecule has 2 rings (SSSR count). The van der Waals surface area contributed by atoms with E-state index in [1.807, 2.05) is 13.8 Å². The Labute approximate surface area is 118 Å². The molecule has 1 aliphatic heterocycles.